The lowest BCUT2D eigenvalue weighted by atomic mass is 10.0. The van der Waals surface area contributed by atoms with Gasteiger partial charge >= 0.3 is 0 Å². The van der Waals surface area contributed by atoms with Crippen LogP contribution >= 0.6 is 0 Å². The summed E-state index contributed by atoms with van der Waals surface area (Å²) in [6, 6.07) is 14.8. The predicted octanol–water partition coefficient (Wildman–Crippen LogP) is 3.22. The summed E-state index contributed by atoms with van der Waals surface area (Å²) in [5.41, 5.74) is 2.74. The molecule has 2 aromatic rings. The Morgan fingerprint density at radius 3 is 2.54 bits per heavy atom. The second-order valence-electron chi connectivity index (χ2n) is 6.91. The maximum absolute atomic E-state index is 12.8. The summed E-state index contributed by atoms with van der Waals surface area (Å²) in [7, 11) is -1.88. The fourth-order valence-electron chi connectivity index (χ4n) is 3.54. The molecule has 0 radical (unpaired) electrons. The van der Waals surface area contributed by atoms with E-state index in [1.807, 2.05) is 23.1 Å². The molecule has 2 aromatic carbocycles. The van der Waals surface area contributed by atoms with E-state index in [0.29, 0.717) is 30.8 Å². The van der Waals surface area contributed by atoms with Crippen LogP contribution in [0, 0.1) is 0 Å². The molecule has 0 aromatic heterocycles. The number of methoxy groups -OCH3 is 1. The zero-order valence-corrected chi connectivity index (χ0v) is 17.1. The Labute approximate surface area is 166 Å². The number of carbonyl (C=O) groups excluding carboxylic acids is 1. The minimum Gasteiger partial charge on any atom is -0.497 e. The third-order valence-electron chi connectivity index (χ3n) is 4.92. The molecule has 0 fully saturated rings. The lowest BCUT2D eigenvalue weighted by Crippen LogP contribution is -2.36. The number of rotatable bonds is 7. The van der Waals surface area contributed by atoms with E-state index in [9.17, 15) is 13.2 Å². The highest BCUT2D eigenvalue weighted by molar-refractivity contribution is 7.92. The number of carbonyl (C=O) groups is 1. The van der Waals surface area contributed by atoms with Crippen molar-refractivity contribution in [1.82, 2.24) is 0 Å². The molecule has 1 aliphatic rings. The van der Waals surface area contributed by atoms with Crippen molar-refractivity contribution in [1.29, 1.82) is 0 Å². The molecule has 0 unspecified atom stereocenters. The van der Waals surface area contributed by atoms with Crippen molar-refractivity contribution in [2.45, 2.75) is 25.7 Å². The van der Waals surface area contributed by atoms with Crippen LogP contribution in [0.1, 0.15) is 24.8 Å². The number of nitrogens with zero attached hydrogens (tertiary/aromatic N) is 2. The third kappa shape index (κ3) is 4.65. The smallest absolute Gasteiger partial charge is 0.232 e. The number of anilines is 2. The van der Waals surface area contributed by atoms with Crippen LogP contribution in [0.2, 0.25) is 0 Å². The van der Waals surface area contributed by atoms with E-state index >= 15 is 0 Å². The van der Waals surface area contributed by atoms with Crippen LogP contribution < -0.4 is 13.9 Å². The Morgan fingerprint density at radius 2 is 1.86 bits per heavy atom. The summed E-state index contributed by atoms with van der Waals surface area (Å²) in [4.78, 5) is 14.6. The second kappa shape index (κ2) is 8.65. The molecule has 0 atom stereocenters. The number of fused-ring (bicyclic) bond motifs is 1. The largest absolute Gasteiger partial charge is 0.497 e. The van der Waals surface area contributed by atoms with Gasteiger partial charge in [-0.2, -0.15) is 0 Å². The number of para-hydroxylation sites is 1. The van der Waals surface area contributed by atoms with E-state index in [-0.39, 0.29) is 12.5 Å². The van der Waals surface area contributed by atoms with Crippen LogP contribution in [0.3, 0.4) is 0 Å². The van der Waals surface area contributed by atoms with Crippen molar-refractivity contribution in [2.24, 2.45) is 0 Å². The number of sulfonamides is 1. The monoisotopic (exact) mass is 402 g/mol. The Morgan fingerprint density at radius 1 is 1.14 bits per heavy atom. The van der Waals surface area contributed by atoms with Crippen LogP contribution in [-0.2, 0) is 21.2 Å². The Hall–Kier alpha value is -2.54. The van der Waals surface area contributed by atoms with Gasteiger partial charge in [-0.25, -0.2) is 8.42 Å². The van der Waals surface area contributed by atoms with Gasteiger partial charge in [0.05, 0.1) is 19.1 Å². The topological polar surface area (TPSA) is 66.9 Å². The van der Waals surface area contributed by atoms with Gasteiger partial charge in [0.25, 0.3) is 0 Å². The molecule has 7 heteroatoms. The van der Waals surface area contributed by atoms with Crippen LogP contribution in [0.25, 0.3) is 0 Å². The van der Waals surface area contributed by atoms with Gasteiger partial charge in [-0.15, -0.1) is 0 Å². The van der Waals surface area contributed by atoms with Crippen molar-refractivity contribution in [3.8, 4) is 5.75 Å². The summed E-state index contributed by atoms with van der Waals surface area (Å²) < 4.78 is 30.9. The van der Waals surface area contributed by atoms with E-state index in [2.05, 4.69) is 6.07 Å². The van der Waals surface area contributed by atoms with E-state index in [1.54, 1.807) is 31.4 Å². The fraction of sp³-hybridized carbons (Fsp3) is 0.381. The molecule has 1 aliphatic heterocycles. The maximum Gasteiger partial charge on any atom is 0.232 e. The molecule has 3 rings (SSSR count). The molecule has 0 saturated carbocycles. The molecule has 0 aliphatic carbocycles. The van der Waals surface area contributed by atoms with Crippen LogP contribution in [0.15, 0.2) is 48.5 Å². The molecule has 6 nitrogen and oxygen atoms in total. The van der Waals surface area contributed by atoms with Crippen molar-refractivity contribution in [2.75, 3.05) is 35.7 Å². The molecular formula is C21H26N2O4S. The molecule has 1 amide bonds. The SMILES string of the molecule is COc1ccc(N(CCCC(=O)N2CCCc3ccccc32)S(C)(=O)=O)cc1. The second-order valence-corrected chi connectivity index (χ2v) is 8.82. The molecule has 28 heavy (non-hydrogen) atoms. The van der Waals surface area contributed by atoms with Crippen molar-refractivity contribution >= 4 is 27.3 Å². The fourth-order valence-corrected chi connectivity index (χ4v) is 4.50. The van der Waals surface area contributed by atoms with Gasteiger partial charge < -0.3 is 9.64 Å². The van der Waals surface area contributed by atoms with E-state index in [0.717, 1.165) is 18.5 Å². The third-order valence-corrected chi connectivity index (χ3v) is 6.12. The average molecular weight is 403 g/mol. The predicted molar refractivity (Wildman–Crippen MR) is 112 cm³/mol. The number of ether oxygens (including phenoxy) is 1. The van der Waals surface area contributed by atoms with Gasteiger partial charge in [0.2, 0.25) is 15.9 Å². The quantitative estimate of drug-likeness (QED) is 0.713. The van der Waals surface area contributed by atoms with Gasteiger partial charge in [0.1, 0.15) is 5.75 Å². The first-order chi connectivity index (χ1) is 13.4. The number of aryl methyl sites for hydroxylation is 1. The van der Waals surface area contributed by atoms with Crippen LogP contribution in [-0.4, -0.2) is 40.8 Å². The van der Waals surface area contributed by atoms with Gasteiger partial charge in [-0.3, -0.25) is 9.10 Å². The first-order valence-electron chi connectivity index (χ1n) is 9.40. The average Bonchev–Trinajstić information content (AvgIpc) is 2.70. The van der Waals surface area contributed by atoms with E-state index in [4.69, 9.17) is 4.74 Å². The zero-order valence-electron chi connectivity index (χ0n) is 16.3. The van der Waals surface area contributed by atoms with Crippen molar-refractivity contribution in [3.63, 3.8) is 0 Å². The van der Waals surface area contributed by atoms with Gasteiger partial charge in [-0.1, -0.05) is 18.2 Å². The lowest BCUT2D eigenvalue weighted by Gasteiger charge is -2.30. The number of benzene rings is 2. The Balaban J connectivity index is 1.65. The Bertz CT molecular complexity index is 926. The minimum atomic E-state index is -3.44. The summed E-state index contributed by atoms with van der Waals surface area (Å²) in [5, 5.41) is 0. The van der Waals surface area contributed by atoms with Gasteiger partial charge in [-0.05, 0) is 55.2 Å². The molecule has 0 saturated heterocycles. The molecule has 150 valence electrons. The summed E-state index contributed by atoms with van der Waals surface area (Å²) >= 11 is 0. The normalized spacial score (nSPS) is 13.7. The standard InChI is InChI=1S/C21H26N2O4S/c1-27-19-13-11-18(12-14-19)23(28(2,25)26)16-6-10-21(24)22-15-5-8-17-7-3-4-9-20(17)22/h3-4,7,9,11-14H,5-6,8,10,15-16H2,1-2H3. The summed E-state index contributed by atoms with van der Waals surface area (Å²) in [6.07, 6.45) is 3.87. The summed E-state index contributed by atoms with van der Waals surface area (Å²) in [6.45, 7) is 0.969. The highest BCUT2D eigenvalue weighted by atomic mass is 32.2. The first-order valence-corrected chi connectivity index (χ1v) is 11.2. The highest BCUT2D eigenvalue weighted by Gasteiger charge is 2.23. The molecular weight excluding hydrogens is 376 g/mol. The first kappa shape index (κ1) is 20.2. The molecule has 0 bridgehead atoms. The number of hydrogen-bond donors (Lipinski definition) is 0. The lowest BCUT2D eigenvalue weighted by molar-refractivity contribution is -0.118. The summed E-state index contributed by atoms with van der Waals surface area (Å²) in [5.74, 6) is 0.700. The van der Waals surface area contributed by atoms with Crippen molar-refractivity contribution in [3.05, 3.63) is 54.1 Å². The minimum absolute atomic E-state index is 0.0373. The zero-order chi connectivity index (χ0) is 20.1. The van der Waals surface area contributed by atoms with Crippen LogP contribution in [0.5, 0.6) is 5.75 Å². The number of hydrogen-bond acceptors (Lipinski definition) is 4. The van der Waals surface area contributed by atoms with E-state index in [1.165, 1.54) is 16.1 Å². The molecule has 0 N–H and O–H groups in total. The highest BCUT2D eigenvalue weighted by Crippen LogP contribution is 2.28. The Kier molecular flexibility index (Phi) is 6.24. The van der Waals surface area contributed by atoms with E-state index < -0.39 is 10.0 Å². The maximum atomic E-state index is 12.8. The molecule has 0 spiro atoms. The van der Waals surface area contributed by atoms with Crippen molar-refractivity contribution < 1.29 is 17.9 Å². The van der Waals surface area contributed by atoms with Gasteiger partial charge in [0.15, 0.2) is 0 Å². The van der Waals surface area contributed by atoms with Crippen LogP contribution in [0.4, 0.5) is 11.4 Å². The van der Waals surface area contributed by atoms with Gasteiger partial charge in [0, 0.05) is 25.2 Å². The number of amides is 1. The molecule has 1 heterocycles.